The van der Waals surface area contributed by atoms with Gasteiger partial charge in [0.15, 0.2) is 0 Å². The normalized spacial score (nSPS) is 17.0. The Morgan fingerprint density at radius 3 is 2.29 bits per heavy atom. The maximum absolute atomic E-state index is 12.7. The molecule has 0 amide bonds. The Balaban J connectivity index is 1.56. The van der Waals surface area contributed by atoms with Crippen LogP contribution in [0.3, 0.4) is 0 Å². The number of piperidine rings is 1. The van der Waals surface area contributed by atoms with E-state index in [1.54, 1.807) is 0 Å². The van der Waals surface area contributed by atoms with Crippen molar-refractivity contribution in [3.8, 4) is 0 Å². The molecule has 0 aliphatic carbocycles. The summed E-state index contributed by atoms with van der Waals surface area (Å²) in [6.45, 7) is 2.23. The molecule has 3 aromatic rings. The average Bonchev–Trinajstić information content (AvgIpc) is 3.10. The summed E-state index contributed by atoms with van der Waals surface area (Å²) < 4.78 is 38.0. The molecule has 0 atom stereocenters. The molecule has 0 saturated carbocycles. The van der Waals surface area contributed by atoms with Crippen molar-refractivity contribution in [3.63, 3.8) is 0 Å². The average molecular weight is 384 g/mol. The van der Waals surface area contributed by atoms with E-state index in [2.05, 4.69) is 35.3 Å². The van der Waals surface area contributed by atoms with E-state index in [0.29, 0.717) is 5.92 Å². The molecular formula is C23H23F3N2. The van der Waals surface area contributed by atoms with Gasteiger partial charge in [-0.05, 0) is 79.9 Å². The highest BCUT2D eigenvalue weighted by Crippen LogP contribution is 2.33. The number of aromatic nitrogens is 1. The number of hydrogen-bond donors (Lipinski definition) is 1. The minimum absolute atomic E-state index is 0.569. The zero-order valence-corrected chi connectivity index (χ0v) is 15.8. The van der Waals surface area contributed by atoms with Crippen LogP contribution in [0.25, 0.3) is 23.1 Å². The summed E-state index contributed by atoms with van der Waals surface area (Å²) in [5.41, 5.74) is 3.66. The van der Waals surface area contributed by atoms with Crippen LogP contribution < -0.4 is 0 Å². The van der Waals surface area contributed by atoms with E-state index in [1.165, 1.54) is 23.1 Å². The summed E-state index contributed by atoms with van der Waals surface area (Å²) in [7, 11) is 2.16. The van der Waals surface area contributed by atoms with Gasteiger partial charge in [0.1, 0.15) is 0 Å². The second-order valence-corrected chi connectivity index (χ2v) is 7.58. The van der Waals surface area contributed by atoms with Gasteiger partial charge in [-0.1, -0.05) is 30.4 Å². The van der Waals surface area contributed by atoms with Crippen molar-refractivity contribution in [1.82, 2.24) is 9.88 Å². The molecule has 28 heavy (non-hydrogen) atoms. The number of hydrogen-bond acceptors (Lipinski definition) is 1. The maximum atomic E-state index is 12.7. The molecule has 0 bridgehead atoms. The monoisotopic (exact) mass is 384 g/mol. The molecule has 1 aliphatic rings. The number of rotatable bonds is 3. The van der Waals surface area contributed by atoms with Crippen molar-refractivity contribution < 1.29 is 13.2 Å². The van der Waals surface area contributed by atoms with Gasteiger partial charge in [-0.25, -0.2) is 0 Å². The van der Waals surface area contributed by atoms with Crippen molar-refractivity contribution in [2.24, 2.45) is 0 Å². The van der Waals surface area contributed by atoms with Crippen molar-refractivity contribution in [2.75, 3.05) is 20.1 Å². The predicted molar refractivity (Wildman–Crippen MR) is 108 cm³/mol. The maximum Gasteiger partial charge on any atom is 0.416 e. The molecule has 1 saturated heterocycles. The van der Waals surface area contributed by atoms with Crippen molar-refractivity contribution >= 4 is 23.1 Å². The molecule has 1 N–H and O–H groups in total. The third-order valence-electron chi connectivity index (χ3n) is 5.60. The van der Waals surface area contributed by atoms with Gasteiger partial charge in [0.05, 0.1) is 5.56 Å². The first kappa shape index (κ1) is 18.8. The van der Waals surface area contributed by atoms with Gasteiger partial charge in [0.2, 0.25) is 0 Å². The zero-order valence-electron chi connectivity index (χ0n) is 15.8. The summed E-state index contributed by atoms with van der Waals surface area (Å²) in [5.74, 6) is 0.569. The smallest absolute Gasteiger partial charge is 0.361 e. The highest BCUT2D eigenvalue weighted by Gasteiger charge is 2.29. The van der Waals surface area contributed by atoms with Crippen LogP contribution in [-0.4, -0.2) is 30.0 Å². The van der Waals surface area contributed by atoms with Gasteiger partial charge >= 0.3 is 6.18 Å². The molecule has 2 heterocycles. The van der Waals surface area contributed by atoms with Crippen LogP contribution in [-0.2, 0) is 6.18 Å². The number of H-pyrrole nitrogens is 1. The van der Waals surface area contributed by atoms with Gasteiger partial charge < -0.3 is 9.88 Å². The predicted octanol–water partition coefficient (Wildman–Crippen LogP) is 6.17. The summed E-state index contributed by atoms with van der Waals surface area (Å²) >= 11 is 0. The second kappa shape index (κ2) is 7.47. The highest BCUT2D eigenvalue weighted by atomic mass is 19.4. The van der Waals surface area contributed by atoms with Crippen LogP contribution in [0.2, 0.25) is 0 Å². The fourth-order valence-corrected chi connectivity index (χ4v) is 3.90. The first-order chi connectivity index (χ1) is 13.4. The molecule has 1 aromatic heterocycles. The molecule has 0 spiro atoms. The topological polar surface area (TPSA) is 19.0 Å². The first-order valence-corrected chi connectivity index (χ1v) is 9.55. The fourth-order valence-electron chi connectivity index (χ4n) is 3.90. The van der Waals surface area contributed by atoms with Crippen molar-refractivity contribution in [2.45, 2.75) is 24.9 Å². The van der Waals surface area contributed by atoms with Crippen molar-refractivity contribution in [1.29, 1.82) is 0 Å². The SMILES string of the molecule is CN1CCC(c2c[nH]c3ccc(C=Cc4ccc(C(F)(F)F)cc4)cc23)CC1. The van der Waals surface area contributed by atoms with E-state index in [1.807, 2.05) is 18.2 Å². The van der Waals surface area contributed by atoms with Crippen LogP contribution in [0.15, 0.2) is 48.7 Å². The van der Waals surface area contributed by atoms with Crippen LogP contribution in [0.5, 0.6) is 0 Å². The third kappa shape index (κ3) is 3.99. The number of aromatic amines is 1. The Morgan fingerprint density at radius 2 is 1.61 bits per heavy atom. The number of nitrogens with zero attached hydrogens (tertiary/aromatic N) is 1. The van der Waals surface area contributed by atoms with E-state index in [-0.39, 0.29) is 0 Å². The van der Waals surface area contributed by atoms with Crippen molar-refractivity contribution in [3.05, 3.63) is 70.9 Å². The molecule has 2 aromatic carbocycles. The minimum atomic E-state index is -4.30. The number of fused-ring (bicyclic) bond motifs is 1. The van der Waals surface area contributed by atoms with E-state index >= 15 is 0 Å². The lowest BCUT2D eigenvalue weighted by molar-refractivity contribution is -0.137. The largest absolute Gasteiger partial charge is 0.416 e. The zero-order chi connectivity index (χ0) is 19.7. The Kier molecular flexibility index (Phi) is 5.02. The quantitative estimate of drug-likeness (QED) is 0.535. The number of nitrogens with one attached hydrogen (secondary N) is 1. The Hall–Kier alpha value is -2.53. The van der Waals surface area contributed by atoms with Gasteiger partial charge in [-0.2, -0.15) is 13.2 Å². The summed E-state index contributed by atoms with van der Waals surface area (Å²) in [4.78, 5) is 5.74. The van der Waals surface area contributed by atoms with Crippen LogP contribution in [0, 0.1) is 0 Å². The molecule has 1 fully saturated rings. The molecule has 5 heteroatoms. The molecule has 2 nitrogen and oxygen atoms in total. The number of halogens is 3. The first-order valence-electron chi connectivity index (χ1n) is 9.55. The second-order valence-electron chi connectivity index (χ2n) is 7.58. The third-order valence-corrected chi connectivity index (χ3v) is 5.60. The van der Waals surface area contributed by atoms with E-state index in [0.717, 1.165) is 54.7 Å². The van der Waals surface area contributed by atoms with E-state index in [4.69, 9.17) is 0 Å². The Bertz CT molecular complexity index is 975. The number of likely N-dealkylation sites (tertiary alicyclic amines) is 1. The van der Waals surface area contributed by atoms with Crippen LogP contribution in [0.1, 0.15) is 41.0 Å². The molecular weight excluding hydrogens is 361 g/mol. The molecule has 0 radical (unpaired) electrons. The van der Waals surface area contributed by atoms with Crippen LogP contribution in [0.4, 0.5) is 13.2 Å². The minimum Gasteiger partial charge on any atom is -0.361 e. The lowest BCUT2D eigenvalue weighted by Gasteiger charge is -2.28. The number of benzene rings is 2. The van der Waals surface area contributed by atoms with Crippen LogP contribution >= 0.6 is 0 Å². The van der Waals surface area contributed by atoms with Gasteiger partial charge in [0.25, 0.3) is 0 Å². The fraction of sp³-hybridized carbons (Fsp3) is 0.304. The lowest BCUT2D eigenvalue weighted by Crippen LogP contribution is -2.29. The molecule has 4 rings (SSSR count). The van der Waals surface area contributed by atoms with Gasteiger partial charge in [0, 0.05) is 17.1 Å². The highest BCUT2D eigenvalue weighted by molar-refractivity contribution is 5.87. The Morgan fingerprint density at radius 1 is 0.964 bits per heavy atom. The number of alkyl halides is 3. The molecule has 0 unspecified atom stereocenters. The van der Waals surface area contributed by atoms with Gasteiger partial charge in [-0.3, -0.25) is 0 Å². The Labute approximate surface area is 162 Å². The van der Waals surface area contributed by atoms with Gasteiger partial charge in [-0.15, -0.1) is 0 Å². The van der Waals surface area contributed by atoms with E-state index in [9.17, 15) is 13.2 Å². The summed E-state index contributed by atoms with van der Waals surface area (Å²) in [5, 5.41) is 1.24. The van der Waals surface area contributed by atoms with E-state index < -0.39 is 11.7 Å². The standard InChI is InChI=1S/C23H23F3N2/c1-28-12-10-18(11-13-28)21-15-27-22-9-6-17(14-20(21)22)3-2-16-4-7-19(8-5-16)23(24,25)26/h2-9,14-15,18,27H,10-13H2,1H3. The summed E-state index contributed by atoms with van der Waals surface area (Å²) in [6, 6.07) is 11.5. The summed E-state index contributed by atoms with van der Waals surface area (Å²) in [6.07, 6.45) is 3.96. The molecule has 146 valence electrons. The lowest BCUT2D eigenvalue weighted by atomic mass is 9.89. The molecule has 1 aliphatic heterocycles.